The summed E-state index contributed by atoms with van der Waals surface area (Å²) in [6, 6.07) is 10.3. The summed E-state index contributed by atoms with van der Waals surface area (Å²) in [6.45, 7) is 6.11. The predicted molar refractivity (Wildman–Crippen MR) is 73.4 cm³/mol. The number of ether oxygens (including phenoxy) is 1. The van der Waals surface area contributed by atoms with Crippen LogP contribution in [0.5, 0.6) is 0 Å². The van der Waals surface area contributed by atoms with Crippen LogP contribution >= 0.6 is 0 Å². The highest BCUT2D eigenvalue weighted by Gasteiger charge is 2.04. The van der Waals surface area contributed by atoms with Crippen LogP contribution in [0.1, 0.15) is 25.8 Å². The van der Waals surface area contributed by atoms with Crippen molar-refractivity contribution in [2.45, 2.75) is 26.7 Å². The first-order valence-corrected chi connectivity index (χ1v) is 6.58. The van der Waals surface area contributed by atoms with E-state index in [0.29, 0.717) is 18.9 Å². The molecule has 1 N–H and O–H groups in total. The van der Waals surface area contributed by atoms with Crippen LogP contribution in [0, 0.1) is 5.92 Å². The van der Waals surface area contributed by atoms with Gasteiger partial charge in [0.25, 0.3) is 0 Å². The zero-order valence-electron chi connectivity index (χ0n) is 11.3. The molecule has 0 atom stereocenters. The summed E-state index contributed by atoms with van der Waals surface area (Å²) in [5.74, 6) is 0.262. The second kappa shape index (κ2) is 8.70. The first kappa shape index (κ1) is 14.7. The summed E-state index contributed by atoms with van der Waals surface area (Å²) >= 11 is 0. The largest absolute Gasteiger partial charge is 0.464 e. The van der Waals surface area contributed by atoms with Gasteiger partial charge >= 0.3 is 5.97 Å². The molecular weight excluding hydrogens is 226 g/mol. The van der Waals surface area contributed by atoms with Gasteiger partial charge in [-0.2, -0.15) is 0 Å². The SMILES string of the molecule is CC(C)CC(=O)OCCNCCc1ccccc1. The number of carbonyl (C=O) groups excluding carboxylic acids is 1. The quantitative estimate of drug-likeness (QED) is 0.568. The summed E-state index contributed by atoms with van der Waals surface area (Å²) in [5, 5.41) is 3.27. The van der Waals surface area contributed by atoms with Crippen molar-refractivity contribution in [1.82, 2.24) is 5.32 Å². The van der Waals surface area contributed by atoms with E-state index in [9.17, 15) is 4.79 Å². The standard InChI is InChI=1S/C15H23NO2/c1-13(2)12-15(17)18-11-10-16-9-8-14-6-4-3-5-7-14/h3-7,13,16H,8-12H2,1-2H3. The van der Waals surface area contributed by atoms with Gasteiger partial charge in [-0.15, -0.1) is 0 Å². The Bertz CT molecular complexity index is 336. The van der Waals surface area contributed by atoms with E-state index in [1.54, 1.807) is 0 Å². The Balaban J connectivity index is 1.98. The van der Waals surface area contributed by atoms with Crippen molar-refractivity contribution in [3.63, 3.8) is 0 Å². The summed E-state index contributed by atoms with van der Waals surface area (Å²) in [5.41, 5.74) is 1.32. The van der Waals surface area contributed by atoms with E-state index in [1.807, 2.05) is 32.0 Å². The average molecular weight is 249 g/mol. The minimum atomic E-state index is -0.102. The van der Waals surface area contributed by atoms with Gasteiger partial charge in [-0.1, -0.05) is 44.2 Å². The molecule has 0 saturated carbocycles. The maximum absolute atomic E-state index is 11.3. The lowest BCUT2D eigenvalue weighted by atomic mass is 10.1. The molecule has 0 bridgehead atoms. The maximum Gasteiger partial charge on any atom is 0.306 e. The van der Waals surface area contributed by atoms with Crippen molar-refractivity contribution in [2.24, 2.45) is 5.92 Å². The molecule has 18 heavy (non-hydrogen) atoms. The fraction of sp³-hybridized carbons (Fsp3) is 0.533. The Labute approximate surface area is 110 Å². The third kappa shape index (κ3) is 7.07. The van der Waals surface area contributed by atoms with Gasteiger partial charge in [0, 0.05) is 13.0 Å². The molecule has 3 heteroatoms. The zero-order chi connectivity index (χ0) is 13.2. The van der Waals surface area contributed by atoms with Gasteiger partial charge in [-0.3, -0.25) is 4.79 Å². The monoisotopic (exact) mass is 249 g/mol. The molecule has 0 heterocycles. The van der Waals surface area contributed by atoms with E-state index < -0.39 is 0 Å². The number of hydrogen-bond acceptors (Lipinski definition) is 3. The van der Waals surface area contributed by atoms with E-state index in [-0.39, 0.29) is 5.97 Å². The Morgan fingerprint density at radius 3 is 2.61 bits per heavy atom. The molecule has 0 unspecified atom stereocenters. The minimum Gasteiger partial charge on any atom is -0.464 e. The normalized spacial score (nSPS) is 10.6. The molecule has 1 rings (SSSR count). The first-order chi connectivity index (χ1) is 8.68. The van der Waals surface area contributed by atoms with Crippen molar-refractivity contribution in [1.29, 1.82) is 0 Å². The molecule has 0 saturated heterocycles. The fourth-order valence-electron chi connectivity index (χ4n) is 1.63. The first-order valence-electron chi connectivity index (χ1n) is 6.58. The second-order valence-corrected chi connectivity index (χ2v) is 4.80. The van der Waals surface area contributed by atoms with Crippen molar-refractivity contribution in [2.75, 3.05) is 19.7 Å². The Morgan fingerprint density at radius 2 is 1.94 bits per heavy atom. The molecule has 100 valence electrons. The summed E-state index contributed by atoms with van der Waals surface area (Å²) < 4.78 is 5.10. The van der Waals surface area contributed by atoms with Crippen LogP contribution < -0.4 is 5.32 Å². The molecule has 0 aliphatic rings. The predicted octanol–water partition coefficient (Wildman–Crippen LogP) is 2.41. The van der Waals surface area contributed by atoms with E-state index in [0.717, 1.165) is 19.5 Å². The van der Waals surface area contributed by atoms with E-state index in [4.69, 9.17) is 4.74 Å². The van der Waals surface area contributed by atoms with Crippen LogP contribution in [0.3, 0.4) is 0 Å². The highest BCUT2D eigenvalue weighted by molar-refractivity contribution is 5.69. The van der Waals surface area contributed by atoms with Crippen molar-refractivity contribution in [3.05, 3.63) is 35.9 Å². The molecule has 1 aromatic rings. The second-order valence-electron chi connectivity index (χ2n) is 4.80. The lowest BCUT2D eigenvalue weighted by Gasteiger charge is -2.07. The molecular formula is C15H23NO2. The highest BCUT2D eigenvalue weighted by atomic mass is 16.5. The van der Waals surface area contributed by atoms with Gasteiger partial charge in [0.05, 0.1) is 0 Å². The van der Waals surface area contributed by atoms with Gasteiger partial charge in [0.15, 0.2) is 0 Å². The zero-order valence-corrected chi connectivity index (χ0v) is 11.3. The maximum atomic E-state index is 11.3. The van der Waals surface area contributed by atoms with Crippen LogP contribution in [0.15, 0.2) is 30.3 Å². The molecule has 0 aliphatic heterocycles. The Hall–Kier alpha value is -1.35. The molecule has 0 aromatic heterocycles. The Morgan fingerprint density at radius 1 is 1.22 bits per heavy atom. The summed E-state index contributed by atoms with van der Waals surface area (Å²) in [4.78, 5) is 11.3. The number of carbonyl (C=O) groups is 1. The number of hydrogen-bond donors (Lipinski definition) is 1. The molecule has 0 spiro atoms. The highest BCUT2D eigenvalue weighted by Crippen LogP contribution is 2.00. The van der Waals surface area contributed by atoms with Crippen LogP contribution in [-0.2, 0) is 16.0 Å². The third-order valence-corrected chi connectivity index (χ3v) is 2.55. The molecule has 1 aromatic carbocycles. The topological polar surface area (TPSA) is 38.3 Å². The Kier molecular flexibility index (Phi) is 7.11. The molecule has 3 nitrogen and oxygen atoms in total. The van der Waals surface area contributed by atoms with Gasteiger partial charge in [0.1, 0.15) is 6.61 Å². The number of rotatable bonds is 8. The van der Waals surface area contributed by atoms with Gasteiger partial charge in [-0.25, -0.2) is 0 Å². The van der Waals surface area contributed by atoms with E-state index in [1.165, 1.54) is 5.56 Å². The van der Waals surface area contributed by atoms with Crippen LogP contribution in [0.4, 0.5) is 0 Å². The average Bonchev–Trinajstić information content (AvgIpc) is 2.34. The van der Waals surface area contributed by atoms with E-state index in [2.05, 4.69) is 17.4 Å². The third-order valence-electron chi connectivity index (χ3n) is 2.55. The number of nitrogens with one attached hydrogen (secondary N) is 1. The molecule has 0 amide bonds. The van der Waals surface area contributed by atoms with Crippen molar-refractivity contribution in [3.8, 4) is 0 Å². The molecule has 0 fully saturated rings. The number of benzene rings is 1. The van der Waals surface area contributed by atoms with Gasteiger partial charge in [0.2, 0.25) is 0 Å². The summed E-state index contributed by atoms with van der Waals surface area (Å²) in [7, 11) is 0. The van der Waals surface area contributed by atoms with Gasteiger partial charge < -0.3 is 10.1 Å². The van der Waals surface area contributed by atoms with Crippen LogP contribution in [0.2, 0.25) is 0 Å². The van der Waals surface area contributed by atoms with Crippen molar-refractivity contribution < 1.29 is 9.53 Å². The molecule has 0 aliphatic carbocycles. The van der Waals surface area contributed by atoms with Crippen LogP contribution in [-0.4, -0.2) is 25.7 Å². The molecule has 0 radical (unpaired) electrons. The fourth-order valence-corrected chi connectivity index (χ4v) is 1.63. The van der Waals surface area contributed by atoms with Crippen molar-refractivity contribution >= 4 is 5.97 Å². The smallest absolute Gasteiger partial charge is 0.306 e. The number of esters is 1. The van der Waals surface area contributed by atoms with E-state index >= 15 is 0 Å². The lowest BCUT2D eigenvalue weighted by molar-refractivity contribution is -0.144. The van der Waals surface area contributed by atoms with Crippen LogP contribution in [0.25, 0.3) is 0 Å². The minimum absolute atomic E-state index is 0.102. The van der Waals surface area contributed by atoms with Gasteiger partial charge in [-0.05, 0) is 24.4 Å². The lowest BCUT2D eigenvalue weighted by Crippen LogP contribution is -2.23. The summed E-state index contributed by atoms with van der Waals surface area (Å²) in [6.07, 6.45) is 1.50.